The van der Waals surface area contributed by atoms with E-state index in [2.05, 4.69) is 30.6 Å². The number of hydrogen-bond acceptors (Lipinski definition) is 5. The lowest BCUT2D eigenvalue weighted by atomic mass is 9.99. The Kier molecular flexibility index (Phi) is 6.03. The highest BCUT2D eigenvalue weighted by atomic mass is 16.2. The van der Waals surface area contributed by atoms with E-state index in [1.54, 1.807) is 47.4 Å². The van der Waals surface area contributed by atoms with Crippen LogP contribution < -0.4 is 5.32 Å². The molecule has 9 heteroatoms. The van der Waals surface area contributed by atoms with Gasteiger partial charge in [-0.2, -0.15) is 10.2 Å². The molecular formula is C27H25N7O2. The molecule has 5 rings (SSSR count). The molecule has 0 aliphatic heterocycles. The normalized spacial score (nSPS) is 11.4. The molecule has 3 aromatic heterocycles. The lowest BCUT2D eigenvalue weighted by Gasteiger charge is -2.11. The van der Waals surface area contributed by atoms with E-state index in [0.717, 1.165) is 33.7 Å². The number of hydrogen-bond donors (Lipinski definition) is 3. The number of ketones is 1. The van der Waals surface area contributed by atoms with Gasteiger partial charge in [0.15, 0.2) is 5.78 Å². The molecule has 180 valence electrons. The lowest BCUT2D eigenvalue weighted by molar-refractivity contribution is 0.101. The predicted octanol–water partition coefficient (Wildman–Crippen LogP) is 4.77. The van der Waals surface area contributed by atoms with Gasteiger partial charge in [0.1, 0.15) is 11.5 Å². The van der Waals surface area contributed by atoms with Crippen molar-refractivity contribution in [2.75, 3.05) is 5.32 Å². The molecule has 0 spiro atoms. The van der Waals surface area contributed by atoms with Crippen LogP contribution in [0.15, 0.2) is 54.9 Å². The number of rotatable bonds is 7. The maximum Gasteiger partial charge on any atom is 0.273 e. The van der Waals surface area contributed by atoms with Crippen molar-refractivity contribution < 1.29 is 9.59 Å². The fraction of sp³-hybridized carbons (Fsp3) is 0.148. The van der Waals surface area contributed by atoms with E-state index in [0.29, 0.717) is 29.1 Å². The maximum absolute atomic E-state index is 13.3. The number of carbonyl (C=O) groups is 2. The summed E-state index contributed by atoms with van der Waals surface area (Å²) in [7, 11) is 0. The van der Waals surface area contributed by atoms with Crippen molar-refractivity contribution in [3.8, 4) is 0 Å². The van der Waals surface area contributed by atoms with Crippen LogP contribution in [0.25, 0.3) is 23.1 Å². The summed E-state index contributed by atoms with van der Waals surface area (Å²) in [6.07, 6.45) is 7.14. The van der Waals surface area contributed by atoms with Crippen LogP contribution in [0, 0.1) is 13.8 Å². The van der Waals surface area contributed by atoms with Crippen LogP contribution in [-0.2, 0) is 6.54 Å². The molecule has 5 aromatic rings. The third-order valence-corrected chi connectivity index (χ3v) is 5.96. The van der Waals surface area contributed by atoms with Gasteiger partial charge in [0.2, 0.25) is 0 Å². The second kappa shape index (κ2) is 9.46. The molecule has 0 atom stereocenters. The molecule has 0 fully saturated rings. The number of aryl methyl sites for hydroxylation is 3. The van der Waals surface area contributed by atoms with E-state index in [1.165, 1.54) is 0 Å². The summed E-state index contributed by atoms with van der Waals surface area (Å²) >= 11 is 0. The van der Waals surface area contributed by atoms with Crippen LogP contribution in [0.1, 0.15) is 56.1 Å². The van der Waals surface area contributed by atoms with Gasteiger partial charge in [-0.05, 0) is 62.8 Å². The van der Waals surface area contributed by atoms with Crippen LogP contribution in [0.2, 0.25) is 0 Å². The van der Waals surface area contributed by atoms with E-state index in [9.17, 15) is 9.59 Å². The average Bonchev–Trinajstić information content (AvgIpc) is 3.63. The average molecular weight is 480 g/mol. The van der Waals surface area contributed by atoms with Gasteiger partial charge in [-0.3, -0.25) is 19.4 Å². The van der Waals surface area contributed by atoms with Crippen molar-refractivity contribution in [1.29, 1.82) is 0 Å². The van der Waals surface area contributed by atoms with Crippen molar-refractivity contribution in [1.82, 2.24) is 29.9 Å². The Balaban J connectivity index is 1.39. The SMILES string of the molecule is CCn1nc(C)cc1C(=O)Nc1cc(C(=O)c2ccc3c(C=Cc4ncc[nH]4)n[nH]c3c2)ccc1C. The van der Waals surface area contributed by atoms with Gasteiger partial charge in [0.05, 0.1) is 16.9 Å². The van der Waals surface area contributed by atoms with Crippen LogP contribution in [0.5, 0.6) is 0 Å². The molecule has 3 heterocycles. The molecule has 1 amide bonds. The molecule has 0 bridgehead atoms. The molecule has 3 N–H and O–H groups in total. The summed E-state index contributed by atoms with van der Waals surface area (Å²) in [6.45, 7) is 6.26. The number of amides is 1. The first-order valence-electron chi connectivity index (χ1n) is 11.6. The zero-order valence-electron chi connectivity index (χ0n) is 20.2. The van der Waals surface area contributed by atoms with Gasteiger partial charge in [0, 0.05) is 41.1 Å². The number of fused-ring (bicyclic) bond motifs is 1. The van der Waals surface area contributed by atoms with Gasteiger partial charge in [0.25, 0.3) is 5.91 Å². The van der Waals surface area contributed by atoms with Crippen molar-refractivity contribution in [2.24, 2.45) is 0 Å². The molecule has 2 aromatic carbocycles. The Morgan fingerprint density at radius 1 is 1.06 bits per heavy atom. The van der Waals surface area contributed by atoms with E-state index in [-0.39, 0.29) is 11.7 Å². The minimum atomic E-state index is -0.265. The third-order valence-electron chi connectivity index (χ3n) is 5.96. The molecule has 36 heavy (non-hydrogen) atoms. The molecule has 0 aliphatic rings. The largest absolute Gasteiger partial charge is 0.345 e. The summed E-state index contributed by atoms with van der Waals surface area (Å²) in [5, 5.41) is 15.5. The van der Waals surface area contributed by atoms with Crippen molar-refractivity contribution in [3.05, 3.63) is 94.5 Å². The molecule has 0 saturated heterocycles. The first kappa shape index (κ1) is 23.0. The fourth-order valence-corrected chi connectivity index (χ4v) is 4.06. The van der Waals surface area contributed by atoms with Crippen LogP contribution >= 0.6 is 0 Å². The van der Waals surface area contributed by atoms with Gasteiger partial charge >= 0.3 is 0 Å². The van der Waals surface area contributed by atoms with Gasteiger partial charge in [-0.25, -0.2) is 4.98 Å². The number of carbonyl (C=O) groups excluding carboxylic acids is 2. The fourth-order valence-electron chi connectivity index (χ4n) is 4.06. The van der Waals surface area contributed by atoms with Crippen LogP contribution in [-0.4, -0.2) is 41.6 Å². The highest BCUT2D eigenvalue weighted by molar-refractivity contribution is 6.12. The maximum atomic E-state index is 13.3. The minimum absolute atomic E-state index is 0.149. The number of aromatic nitrogens is 6. The van der Waals surface area contributed by atoms with Crippen LogP contribution in [0.3, 0.4) is 0 Å². The molecule has 0 radical (unpaired) electrons. The molecule has 0 unspecified atom stereocenters. The first-order chi connectivity index (χ1) is 17.4. The molecular weight excluding hydrogens is 454 g/mol. The summed E-state index contributed by atoms with van der Waals surface area (Å²) in [5.74, 6) is 0.317. The quantitative estimate of drug-likeness (QED) is 0.290. The molecule has 0 aliphatic carbocycles. The Labute approximate surface area is 207 Å². The van der Waals surface area contributed by atoms with Gasteiger partial charge < -0.3 is 10.3 Å². The van der Waals surface area contributed by atoms with Crippen molar-refractivity contribution in [2.45, 2.75) is 27.3 Å². The van der Waals surface area contributed by atoms with E-state index in [4.69, 9.17) is 0 Å². The minimum Gasteiger partial charge on any atom is -0.345 e. The number of imidazole rings is 1. The number of H-pyrrole nitrogens is 2. The van der Waals surface area contributed by atoms with Gasteiger partial charge in [-0.1, -0.05) is 18.2 Å². The predicted molar refractivity (Wildman–Crippen MR) is 139 cm³/mol. The van der Waals surface area contributed by atoms with Crippen LogP contribution in [0.4, 0.5) is 5.69 Å². The number of benzene rings is 2. The van der Waals surface area contributed by atoms with Crippen molar-refractivity contribution >= 4 is 40.4 Å². The zero-order chi connectivity index (χ0) is 25.2. The topological polar surface area (TPSA) is 121 Å². The smallest absolute Gasteiger partial charge is 0.273 e. The van der Waals surface area contributed by atoms with E-state index >= 15 is 0 Å². The number of nitrogens with one attached hydrogen (secondary N) is 3. The summed E-state index contributed by atoms with van der Waals surface area (Å²) < 4.78 is 1.66. The van der Waals surface area contributed by atoms with E-state index < -0.39 is 0 Å². The second-order valence-corrected chi connectivity index (χ2v) is 8.48. The van der Waals surface area contributed by atoms with Crippen molar-refractivity contribution in [3.63, 3.8) is 0 Å². The Morgan fingerprint density at radius 2 is 1.86 bits per heavy atom. The zero-order valence-corrected chi connectivity index (χ0v) is 20.2. The van der Waals surface area contributed by atoms with Gasteiger partial charge in [-0.15, -0.1) is 0 Å². The number of aromatic amines is 2. The summed E-state index contributed by atoms with van der Waals surface area (Å²) in [4.78, 5) is 33.4. The third kappa shape index (κ3) is 4.46. The summed E-state index contributed by atoms with van der Waals surface area (Å²) in [6, 6.07) is 12.5. The highest BCUT2D eigenvalue weighted by Gasteiger charge is 2.17. The monoisotopic (exact) mass is 479 g/mol. The molecule has 9 nitrogen and oxygen atoms in total. The summed E-state index contributed by atoms with van der Waals surface area (Å²) in [5.41, 5.74) is 5.20. The Morgan fingerprint density at radius 3 is 2.64 bits per heavy atom. The standard InChI is InChI=1S/C27H25N7O2/c1-4-34-24(13-17(3)33-34)27(36)30-22-14-18(6-5-16(22)2)26(35)19-7-8-20-21(31-32-23(20)15-19)9-10-25-28-11-12-29-25/h5-15H,4H2,1-3H3,(H,28,29)(H,30,36)(H,31,32). The number of anilines is 1. The van der Waals surface area contributed by atoms with E-state index in [1.807, 2.05) is 45.1 Å². The number of nitrogens with zero attached hydrogens (tertiary/aromatic N) is 4. The second-order valence-electron chi connectivity index (χ2n) is 8.48. The Bertz CT molecular complexity index is 1610. The Hall–Kier alpha value is -4.79. The first-order valence-corrected chi connectivity index (χ1v) is 11.6. The lowest BCUT2D eigenvalue weighted by Crippen LogP contribution is -2.18. The highest BCUT2D eigenvalue weighted by Crippen LogP contribution is 2.24. The molecule has 0 saturated carbocycles.